The van der Waals surface area contributed by atoms with Crippen molar-refractivity contribution in [2.75, 3.05) is 25.2 Å². The Kier molecular flexibility index (Phi) is 4.72. The van der Waals surface area contributed by atoms with Gasteiger partial charge in [0.2, 0.25) is 12.7 Å². The number of fused-ring (bicyclic) bond motifs is 1. The number of carbonyl (C=O) groups excluding carboxylic acids is 2. The maximum absolute atomic E-state index is 12.6. The average Bonchev–Trinajstić information content (AvgIpc) is 3.34. The highest BCUT2D eigenvalue weighted by atomic mass is 16.7. The van der Waals surface area contributed by atoms with Crippen LogP contribution in [0.1, 0.15) is 32.6 Å². The highest BCUT2D eigenvalue weighted by Crippen LogP contribution is 2.34. The lowest BCUT2D eigenvalue weighted by molar-refractivity contribution is -0.919. The minimum Gasteiger partial charge on any atom is -0.454 e. The van der Waals surface area contributed by atoms with Crippen molar-refractivity contribution in [2.24, 2.45) is 5.92 Å². The molecule has 7 nitrogen and oxygen atoms in total. The Labute approximate surface area is 153 Å². The quantitative estimate of drug-likeness (QED) is 0.706. The first-order chi connectivity index (χ1) is 12.6. The molecule has 0 aromatic heterocycles. The number of rotatable bonds is 5. The Morgan fingerprint density at radius 1 is 1.12 bits per heavy atom. The first-order valence-electron chi connectivity index (χ1n) is 9.45. The third kappa shape index (κ3) is 3.77. The fourth-order valence-electron chi connectivity index (χ4n) is 3.64. The Bertz CT molecular complexity index is 696. The van der Waals surface area contributed by atoms with E-state index in [-0.39, 0.29) is 30.6 Å². The Balaban J connectivity index is 1.27. The van der Waals surface area contributed by atoms with Crippen LogP contribution < -0.4 is 25.0 Å². The van der Waals surface area contributed by atoms with E-state index < -0.39 is 0 Å². The number of piperidine rings is 1. The Hall–Kier alpha value is -2.28. The standard InChI is InChI=1S/C19H25N3O4/c1-12(18(23)20-14-2-3-14)22-8-6-13(7-9-22)19(24)21-15-4-5-16-17(10-15)26-11-25-16/h4-5,10,12-14H,2-3,6-9,11H2,1H3,(H,20,23)(H,21,24)/p+1/t12-/m0/s1. The third-order valence-corrected chi connectivity index (χ3v) is 5.57. The molecule has 26 heavy (non-hydrogen) atoms. The average molecular weight is 360 g/mol. The van der Waals surface area contributed by atoms with Gasteiger partial charge in [-0.25, -0.2) is 0 Å². The van der Waals surface area contributed by atoms with E-state index >= 15 is 0 Å². The fraction of sp³-hybridized carbons (Fsp3) is 0.579. The second-order valence-electron chi connectivity index (χ2n) is 7.49. The minimum absolute atomic E-state index is 0.0112. The SMILES string of the molecule is C[C@@H](C(=O)NC1CC1)[NH+]1CCC(C(=O)Nc2ccc3c(c2)OCO3)CC1. The van der Waals surface area contributed by atoms with Crippen LogP contribution in [0.15, 0.2) is 18.2 Å². The van der Waals surface area contributed by atoms with E-state index in [1.165, 1.54) is 4.90 Å². The number of hydrogen-bond donors (Lipinski definition) is 3. The summed E-state index contributed by atoms with van der Waals surface area (Å²) >= 11 is 0. The van der Waals surface area contributed by atoms with E-state index in [2.05, 4.69) is 10.6 Å². The molecule has 2 amide bonds. The second-order valence-corrected chi connectivity index (χ2v) is 7.49. The molecule has 1 saturated carbocycles. The zero-order chi connectivity index (χ0) is 18.1. The maximum atomic E-state index is 12.6. The molecule has 0 unspecified atom stereocenters. The van der Waals surface area contributed by atoms with Crippen molar-refractivity contribution in [3.8, 4) is 11.5 Å². The van der Waals surface area contributed by atoms with Crippen LogP contribution in [0.25, 0.3) is 0 Å². The highest BCUT2D eigenvalue weighted by molar-refractivity contribution is 5.93. The molecule has 3 aliphatic rings. The largest absolute Gasteiger partial charge is 0.454 e. The summed E-state index contributed by atoms with van der Waals surface area (Å²) in [5.41, 5.74) is 0.728. The first-order valence-corrected chi connectivity index (χ1v) is 9.45. The summed E-state index contributed by atoms with van der Waals surface area (Å²) in [4.78, 5) is 26.0. The summed E-state index contributed by atoms with van der Waals surface area (Å²) in [6.45, 7) is 3.90. The lowest BCUT2D eigenvalue weighted by atomic mass is 9.94. The summed E-state index contributed by atoms with van der Waals surface area (Å²) < 4.78 is 10.6. The van der Waals surface area contributed by atoms with Crippen molar-refractivity contribution in [3.63, 3.8) is 0 Å². The van der Waals surface area contributed by atoms with Gasteiger partial charge in [-0.15, -0.1) is 0 Å². The van der Waals surface area contributed by atoms with Gasteiger partial charge in [0, 0.05) is 36.6 Å². The number of quaternary nitrogens is 1. The van der Waals surface area contributed by atoms with Crippen molar-refractivity contribution in [2.45, 2.75) is 44.7 Å². The van der Waals surface area contributed by atoms with Crippen LogP contribution in [0.5, 0.6) is 11.5 Å². The van der Waals surface area contributed by atoms with Crippen LogP contribution in [0, 0.1) is 5.92 Å². The molecule has 1 aromatic carbocycles. The second kappa shape index (κ2) is 7.15. The lowest BCUT2D eigenvalue weighted by Gasteiger charge is -2.32. The molecule has 2 aliphatic heterocycles. The van der Waals surface area contributed by atoms with Gasteiger partial charge in [0.25, 0.3) is 5.91 Å². The number of likely N-dealkylation sites (tertiary alicyclic amines) is 1. The molecular weight excluding hydrogens is 334 g/mol. The van der Waals surface area contributed by atoms with Crippen LogP contribution in [0.4, 0.5) is 5.69 Å². The van der Waals surface area contributed by atoms with E-state index in [9.17, 15) is 9.59 Å². The van der Waals surface area contributed by atoms with Crippen LogP contribution in [0.3, 0.4) is 0 Å². The van der Waals surface area contributed by atoms with Gasteiger partial charge >= 0.3 is 0 Å². The van der Waals surface area contributed by atoms with E-state index in [1.54, 1.807) is 6.07 Å². The van der Waals surface area contributed by atoms with Gasteiger partial charge in [-0.3, -0.25) is 9.59 Å². The summed E-state index contributed by atoms with van der Waals surface area (Å²) in [7, 11) is 0. The molecule has 0 spiro atoms. The van der Waals surface area contributed by atoms with Gasteiger partial charge < -0.3 is 25.0 Å². The number of carbonyl (C=O) groups is 2. The molecule has 4 rings (SSSR count). The van der Waals surface area contributed by atoms with E-state index in [0.29, 0.717) is 17.5 Å². The van der Waals surface area contributed by atoms with Crippen LogP contribution >= 0.6 is 0 Å². The smallest absolute Gasteiger partial charge is 0.278 e. The predicted molar refractivity (Wildman–Crippen MR) is 95.2 cm³/mol. The number of anilines is 1. The number of benzene rings is 1. The van der Waals surface area contributed by atoms with E-state index in [0.717, 1.165) is 44.5 Å². The molecule has 2 heterocycles. The Morgan fingerprint density at radius 2 is 1.85 bits per heavy atom. The number of hydrogen-bond acceptors (Lipinski definition) is 4. The van der Waals surface area contributed by atoms with Crippen LogP contribution in [0.2, 0.25) is 0 Å². The molecule has 1 aliphatic carbocycles. The third-order valence-electron chi connectivity index (χ3n) is 5.57. The van der Waals surface area contributed by atoms with Crippen molar-refractivity contribution >= 4 is 17.5 Å². The maximum Gasteiger partial charge on any atom is 0.278 e. The molecule has 2 fully saturated rings. The fourth-order valence-corrected chi connectivity index (χ4v) is 3.64. The van der Waals surface area contributed by atoms with E-state index in [4.69, 9.17) is 9.47 Å². The summed E-state index contributed by atoms with van der Waals surface area (Å²) in [6.07, 6.45) is 3.81. The molecule has 1 saturated heterocycles. The van der Waals surface area contributed by atoms with Crippen LogP contribution in [-0.2, 0) is 9.59 Å². The molecule has 3 N–H and O–H groups in total. The molecule has 1 atom stereocenters. The topological polar surface area (TPSA) is 81.1 Å². The molecule has 1 aromatic rings. The van der Waals surface area contributed by atoms with Gasteiger partial charge in [-0.2, -0.15) is 0 Å². The van der Waals surface area contributed by atoms with Crippen LogP contribution in [-0.4, -0.2) is 43.8 Å². The van der Waals surface area contributed by atoms with Gasteiger partial charge in [0.05, 0.1) is 13.1 Å². The van der Waals surface area contributed by atoms with Gasteiger partial charge in [-0.1, -0.05) is 0 Å². The first kappa shape index (κ1) is 17.1. The molecule has 140 valence electrons. The van der Waals surface area contributed by atoms with Crippen molar-refractivity contribution in [3.05, 3.63) is 18.2 Å². The molecule has 7 heteroatoms. The highest BCUT2D eigenvalue weighted by Gasteiger charge is 2.34. The zero-order valence-corrected chi connectivity index (χ0v) is 15.0. The minimum atomic E-state index is -0.0477. The molecule has 0 radical (unpaired) electrons. The summed E-state index contributed by atoms with van der Waals surface area (Å²) in [6, 6.07) is 5.79. The lowest BCUT2D eigenvalue weighted by Crippen LogP contribution is -3.17. The number of amides is 2. The molecular formula is C19H26N3O4+. The number of ether oxygens (including phenoxy) is 2. The normalized spacial score (nSPS) is 25.4. The summed E-state index contributed by atoms with van der Waals surface area (Å²) in [5, 5.41) is 6.06. The number of nitrogens with one attached hydrogen (secondary N) is 3. The predicted octanol–water partition coefficient (Wildman–Crippen LogP) is 0.316. The zero-order valence-electron chi connectivity index (χ0n) is 15.0. The Morgan fingerprint density at radius 3 is 2.58 bits per heavy atom. The van der Waals surface area contributed by atoms with Gasteiger partial charge in [0.15, 0.2) is 17.5 Å². The van der Waals surface area contributed by atoms with Crippen molar-refractivity contribution < 1.29 is 24.0 Å². The monoisotopic (exact) mass is 360 g/mol. The van der Waals surface area contributed by atoms with Gasteiger partial charge in [0.1, 0.15) is 0 Å². The summed E-state index contributed by atoms with van der Waals surface area (Å²) in [5.74, 6) is 1.54. The molecule has 0 bridgehead atoms. The van der Waals surface area contributed by atoms with Crippen molar-refractivity contribution in [1.82, 2.24) is 5.32 Å². The van der Waals surface area contributed by atoms with E-state index in [1.807, 2.05) is 19.1 Å². The van der Waals surface area contributed by atoms with Crippen molar-refractivity contribution in [1.29, 1.82) is 0 Å². The van der Waals surface area contributed by atoms with Gasteiger partial charge in [-0.05, 0) is 31.9 Å².